The van der Waals surface area contributed by atoms with Crippen molar-refractivity contribution in [1.29, 1.82) is 0 Å². The molecule has 8 heteroatoms. The van der Waals surface area contributed by atoms with Gasteiger partial charge in [0.2, 0.25) is 0 Å². The smallest absolute Gasteiger partial charge is 0.259 e. The quantitative estimate of drug-likeness (QED) is 0.462. The van der Waals surface area contributed by atoms with Crippen LogP contribution < -0.4 is 5.56 Å². The monoisotopic (exact) mass is 520 g/mol. The van der Waals surface area contributed by atoms with Crippen LogP contribution in [0.15, 0.2) is 45.9 Å². The van der Waals surface area contributed by atoms with E-state index in [-0.39, 0.29) is 58.3 Å². The number of benzene rings is 1. The predicted molar refractivity (Wildman–Crippen MR) is 140 cm³/mol. The van der Waals surface area contributed by atoms with Crippen molar-refractivity contribution < 1.29 is 19.5 Å². The number of aliphatic hydroxyl groups is 1. The zero-order chi connectivity index (χ0) is 26.2. The minimum atomic E-state index is -1.60. The maximum absolute atomic E-state index is 13.8. The number of aromatic nitrogens is 2. The highest BCUT2D eigenvalue weighted by molar-refractivity contribution is 7.99. The molecule has 3 saturated carbocycles. The van der Waals surface area contributed by atoms with Gasteiger partial charge in [-0.3, -0.25) is 19.2 Å². The van der Waals surface area contributed by atoms with Crippen LogP contribution in [-0.2, 0) is 14.4 Å². The Bertz CT molecular complexity index is 1430. The number of rotatable bonds is 4. The molecule has 7 nitrogen and oxygen atoms in total. The molecular weight excluding hydrogens is 488 g/mol. The number of H-pyrrole nitrogens is 1. The van der Waals surface area contributed by atoms with E-state index in [0.717, 1.165) is 30.2 Å². The van der Waals surface area contributed by atoms with Crippen LogP contribution in [0.5, 0.6) is 0 Å². The van der Waals surface area contributed by atoms with Crippen LogP contribution >= 0.6 is 11.8 Å². The third-order valence-corrected chi connectivity index (χ3v) is 11.1. The second kappa shape index (κ2) is 8.46. The number of nitrogens with zero attached hydrogens (tertiary/aromatic N) is 1. The van der Waals surface area contributed by atoms with Crippen LogP contribution in [0, 0.1) is 28.6 Å². The molecular formula is C29H32N2O5S. The van der Waals surface area contributed by atoms with Crippen LogP contribution in [0.2, 0.25) is 0 Å². The molecule has 6 rings (SSSR count). The first kappa shape index (κ1) is 24.7. The fourth-order valence-electron chi connectivity index (χ4n) is 8.23. The molecule has 3 fully saturated rings. The van der Waals surface area contributed by atoms with Crippen LogP contribution in [0.4, 0.5) is 0 Å². The average Bonchev–Trinajstić information content (AvgIpc) is 3.14. The Kier molecular flexibility index (Phi) is 5.66. The first-order chi connectivity index (χ1) is 17.6. The molecule has 0 spiro atoms. The van der Waals surface area contributed by atoms with Crippen molar-refractivity contribution in [3.63, 3.8) is 0 Å². The van der Waals surface area contributed by atoms with Crippen LogP contribution in [0.25, 0.3) is 10.9 Å². The van der Waals surface area contributed by atoms with Gasteiger partial charge in [-0.2, -0.15) is 0 Å². The topological polar surface area (TPSA) is 117 Å². The molecule has 0 amide bonds. The highest BCUT2D eigenvalue weighted by Crippen LogP contribution is 2.66. The molecule has 194 valence electrons. The summed E-state index contributed by atoms with van der Waals surface area (Å²) in [6.45, 7) is 4.07. The molecule has 0 bridgehead atoms. The van der Waals surface area contributed by atoms with Gasteiger partial charge in [-0.25, -0.2) is 4.98 Å². The first-order valence-electron chi connectivity index (χ1n) is 13.2. The molecule has 6 atom stereocenters. The summed E-state index contributed by atoms with van der Waals surface area (Å²) in [5.41, 5.74) is -1.32. The summed E-state index contributed by atoms with van der Waals surface area (Å²) >= 11 is 1.12. The zero-order valence-corrected chi connectivity index (χ0v) is 22.0. The summed E-state index contributed by atoms with van der Waals surface area (Å²) in [4.78, 5) is 59.1. The average molecular weight is 521 g/mol. The molecule has 4 aliphatic carbocycles. The summed E-state index contributed by atoms with van der Waals surface area (Å²) in [7, 11) is 0. The van der Waals surface area contributed by atoms with Crippen molar-refractivity contribution in [2.75, 3.05) is 5.75 Å². The lowest BCUT2D eigenvalue weighted by Crippen LogP contribution is -2.60. The van der Waals surface area contributed by atoms with Gasteiger partial charge < -0.3 is 10.1 Å². The van der Waals surface area contributed by atoms with Gasteiger partial charge in [-0.15, -0.1) is 0 Å². The Morgan fingerprint density at radius 3 is 2.73 bits per heavy atom. The van der Waals surface area contributed by atoms with Crippen LogP contribution in [-0.4, -0.2) is 43.8 Å². The predicted octanol–water partition coefficient (Wildman–Crippen LogP) is 4.03. The van der Waals surface area contributed by atoms with Gasteiger partial charge >= 0.3 is 0 Å². The van der Waals surface area contributed by atoms with E-state index >= 15 is 0 Å². The summed E-state index contributed by atoms with van der Waals surface area (Å²) in [6, 6.07) is 7.03. The Morgan fingerprint density at radius 2 is 1.92 bits per heavy atom. The molecule has 1 aromatic carbocycles. The van der Waals surface area contributed by atoms with Gasteiger partial charge in [-0.05, 0) is 67.6 Å². The molecule has 0 radical (unpaired) electrons. The number of nitrogens with one attached hydrogen (secondary N) is 1. The number of Topliss-reactive ketones (excluding diaryl/α,β-unsaturated/α-hetero) is 2. The molecule has 4 aliphatic rings. The number of para-hydroxylation sites is 1. The number of fused-ring (bicyclic) bond motifs is 6. The molecule has 1 heterocycles. The third-order valence-electron chi connectivity index (χ3n) is 10.2. The van der Waals surface area contributed by atoms with E-state index in [2.05, 4.69) is 16.9 Å². The van der Waals surface area contributed by atoms with E-state index in [9.17, 15) is 24.3 Å². The molecule has 2 aromatic rings. The van der Waals surface area contributed by atoms with E-state index in [1.165, 1.54) is 0 Å². The maximum atomic E-state index is 13.8. The van der Waals surface area contributed by atoms with E-state index in [1.807, 2.05) is 6.92 Å². The number of carbonyl (C=O) groups excluding carboxylic acids is 3. The lowest BCUT2D eigenvalue weighted by atomic mass is 9.46. The van der Waals surface area contributed by atoms with Crippen molar-refractivity contribution in [2.24, 2.45) is 28.6 Å². The second-order valence-electron chi connectivity index (χ2n) is 11.9. The van der Waals surface area contributed by atoms with Crippen molar-refractivity contribution in [2.45, 2.75) is 69.6 Å². The lowest BCUT2D eigenvalue weighted by Gasteiger charge is -2.57. The molecule has 2 N–H and O–H groups in total. The molecule has 1 aromatic heterocycles. The van der Waals surface area contributed by atoms with Gasteiger partial charge in [0, 0.05) is 24.2 Å². The van der Waals surface area contributed by atoms with Gasteiger partial charge in [0.05, 0.1) is 16.7 Å². The minimum Gasteiger partial charge on any atom is -0.381 e. The Labute approximate surface area is 219 Å². The number of hydrogen-bond donors (Lipinski definition) is 2. The largest absolute Gasteiger partial charge is 0.381 e. The highest BCUT2D eigenvalue weighted by Gasteiger charge is 2.68. The van der Waals surface area contributed by atoms with Gasteiger partial charge in [-0.1, -0.05) is 43.3 Å². The molecule has 0 saturated heterocycles. The minimum absolute atomic E-state index is 0.0327. The van der Waals surface area contributed by atoms with Crippen molar-refractivity contribution in [3.05, 3.63) is 46.3 Å². The maximum Gasteiger partial charge on any atom is 0.259 e. The zero-order valence-electron chi connectivity index (χ0n) is 21.2. The number of ketones is 3. The summed E-state index contributed by atoms with van der Waals surface area (Å²) in [6.07, 6.45) is 5.78. The summed E-state index contributed by atoms with van der Waals surface area (Å²) < 4.78 is 0. The normalized spacial score (nSPS) is 37.1. The fraction of sp³-hybridized carbons (Fsp3) is 0.552. The van der Waals surface area contributed by atoms with E-state index < -0.39 is 11.0 Å². The van der Waals surface area contributed by atoms with Gasteiger partial charge in [0.1, 0.15) is 11.4 Å². The number of hydrogen-bond acceptors (Lipinski definition) is 7. The van der Waals surface area contributed by atoms with E-state index in [4.69, 9.17) is 0 Å². The number of allylic oxidation sites excluding steroid dienone is 1. The SMILES string of the molecule is CC12CCC(=O)C=C1CCC1C2C(=O)CC2(C)C1CC[C@]2(O)C(=O)CSc1nc2ccccc2c(=O)[nH]1. The third kappa shape index (κ3) is 3.55. The van der Waals surface area contributed by atoms with E-state index in [1.54, 1.807) is 30.3 Å². The molecule has 5 unspecified atom stereocenters. The summed E-state index contributed by atoms with van der Waals surface area (Å²) in [5, 5.41) is 12.7. The second-order valence-corrected chi connectivity index (χ2v) is 12.9. The van der Waals surface area contributed by atoms with Crippen molar-refractivity contribution in [1.82, 2.24) is 9.97 Å². The standard InChI is InChI=1S/C29H32N2O5S/c1-27-11-9-17(32)13-16(27)7-8-18-20-10-12-29(36,28(20,2)14-22(33)24(18)27)23(34)15-37-26-30-21-6-4-3-5-19(21)25(35)31-26/h3-6,13,18,20,24,36H,7-12,14-15H2,1-2H3,(H,30,31,35)/t18?,20?,24?,27?,28?,29-/m0/s1. The number of thioether (sulfide) groups is 1. The van der Waals surface area contributed by atoms with Crippen LogP contribution in [0.1, 0.15) is 58.8 Å². The summed E-state index contributed by atoms with van der Waals surface area (Å²) in [5.74, 6) is -0.0482. The molecule has 0 aliphatic heterocycles. The number of aromatic amines is 1. The highest BCUT2D eigenvalue weighted by atomic mass is 32.2. The number of carbonyl (C=O) groups is 3. The van der Waals surface area contributed by atoms with Crippen LogP contribution in [0.3, 0.4) is 0 Å². The lowest BCUT2D eigenvalue weighted by molar-refractivity contribution is -0.167. The Hall–Kier alpha value is -2.58. The Morgan fingerprint density at radius 1 is 1.14 bits per heavy atom. The van der Waals surface area contributed by atoms with E-state index in [0.29, 0.717) is 41.7 Å². The molecule has 37 heavy (non-hydrogen) atoms. The fourth-order valence-corrected chi connectivity index (χ4v) is 9.07. The van der Waals surface area contributed by atoms with Crippen molar-refractivity contribution in [3.8, 4) is 0 Å². The van der Waals surface area contributed by atoms with Crippen molar-refractivity contribution >= 4 is 40.0 Å². The van der Waals surface area contributed by atoms with Gasteiger partial charge in [0.25, 0.3) is 5.56 Å². The Balaban J connectivity index is 1.25. The van der Waals surface area contributed by atoms with Gasteiger partial charge in [0.15, 0.2) is 16.7 Å². The first-order valence-corrected chi connectivity index (χ1v) is 14.2.